The Kier molecular flexibility index (Phi) is 4.81. The SMILES string of the molecule is COC(=O)C1=C(O)CN(C(=O)OCc2ccccc2)CC1. The molecule has 1 amide bonds. The molecule has 1 aliphatic rings. The summed E-state index contributed by atoms with van der Waals surface area (Å²) in [5.74, 6) is -0.713. The van der Waals surface area contributed by atoms with Gasteiger partial charge in [0, 0.05) is 13.0 Å². The highest BCUT2D eigenvalue weighted by atomic mass is 16.6. The third-order valence-corrected chi connectivity index (χ3v) is 3.22. The van der Waals surface area contributed by atoms with Gasteiger partial charge in [0.05, 0.1) is 19.2 Å². The lowest BCUT2D eigenvalue weighted by atomic mass is 10.1. The lowest BCUT2D eigenvalue weighted by molar-refractivity contribution is -0.136. The number of methoxy groups -OCH3 is 1. The molecule has 112 valence electrons. The van der Waals surface area contributed by atoms with E-state index >= 15 is 0 Å². The summed E-state index contributed by atoms with van der Waals surface area (Å²) in [6, 6.07) is 9.32. The number of carbonyl (C=O) groups excluding carboxylic acids is 2. The molecule has 6 nitrogen and oxygen atoms in total. The number of aliphatic hydroxyl groups is 1. The van der Waals surface area contributed by atoms with Gasteiger partial charge >= 0.3 is 12.1 Å². The fourth-order valence-corrected chi connectivity index (χ4v) is 2.06. The van der Waals surface area contributed by atoms with E-state index in [2.05, 4.69) is 4.74 Å². The van der Waals surface area contributed by atoms with E-state index in [0.29, 0.717) is 6.54 Å². The van der Waals surface area contributed by atoms with Crippen LogP contribution in [0.5, 0.6) is 0 Å². The van der Waals surface area contributed by atoms with E-state index in [-0.39, 0.29) is 30.9 Å². The summed E-state index contributed by atoms with van der Waals surface area (Å²) in [6.07, 6.45) is -0.270. The van der Waals surface area contributed by atoms with Crippen LogP contribution in [0, 0.1) is 0 Å². The van der Waals surface area contributed by atoms with E-state index in [4.69, 9.17) is 4.74 Å². The molecular weight excluding hydrogens is 274 g/mol. The summed E-state index contributed by atoms with van der Waals surface area (Å²) in [7, 11) is 1.25. The smallest absolute Gasteiger partial charge is 0.410 e. The van der Waals surface area contributed by atoms with Crippen molar-refractivity contribution >= 4 is 12.1 Å². The Morgan fingerprint density at radius 3 is 2.62 bits per heavy atom. The Balaban J connectivity index is 1.91. The first-order valence-corrected chi connectivity index (χ1v) is 6.56. The van der Waals surface area contributed by atoms with Gasteiger partial charge in [0.2, 0.25) is 0 Å². The van der Waals surface area contributed by atoms with Crippen LogP contribution in [-0.4, -0.2) is 42.3 Å². The molecule has 6 heteroatoms. The fourth-order valence-electron chi connectivity index (χ4n) is 2.06. The van der Waals surface area contributed by atoms with Gasteiger partial charge in [0.15, 0.2) is 0 Å². The van der Waals surface area contributed by atoms with Gasteiger partial charge in [-0.05, 0) is 5.56 Å². The standard InChI is InChI=1S/C15H17NO5/c1-20-14(18)12-7-8-16(9-13(12)17)15(19)21-10-11-5-3-2-4-6-11/h2-6,17H,7-10H2,1H3. The number of benzene rings is 1. The molecule has 0 saturated carbocycles. The molecule has 0 saturated heterocycles. The molecule has 0 radical (unpaired) electrons. The minimum Gasteiger partial charge on any atom is -0.510 e. The van der Waals surface area contributed by atoms with Gasteiger partial charge < -0.3 is 19.5 Å². The maximum absolute atomic E-state index is 11.9. The predicted octanol–water partition coefficient (Wildman–Crippen LogP) is 2.01. The minimum absolute atomic E-state index is 0.0436. The van der Waals surface area contributed by atoms with E-state index in [1.165, 1.54) is 12.0 Å². The Bertz CT molecular complexity index is 552. The first-order chi connectivity index (χ1) is 10.1. The molecule has 0 fully saturated rings. The van der Waals surface area contributed by atoms with Crippen molar-refractivity contribution in [3.63, 3.8) is 0 Å². The first-order valence-electron chi connectivity index (χ1n) is 6.56. The number of esters is 1. The van der Waals surface area contributed by atoms with Gasteiger partial charge in [-0.25, -0.2) is 9.59 Å². The summed E-state index contributed by atoms with van der Waals surface area (Å²) in [6.45, 7) is 0.435. The highest BCUT2D eigenvalue weighted by Crippen LogP contribution is 2.18. The summed E-state index contributed by atoms with van der Waals surface area (Å²) >= 11 is 0. The number of ether oxygens (including phenoxy) is 2. The number of nitrogens with zero attached hydrogens (tertiary/aromatic N) is 1. The van der Waals surface area contributed by atoms with Crippen LogP contribution in [0.25, 0.3) is 0 Å². The largest absolute Gasteiger partial charge is 0.510 e. The Labute approximate surface area is 122 Å². The fraction of sp³-hybridized carbons (Fsp3) is 0.333. The lowest BCUT2D eigenvalue weighted by Gasteiger charge is -2.26. The second kappa shape index (κ2) is 6.78. The molecule has 0 aromatic heterocycles. The van der Waals surface area contributed by atoms with E-state index in [9.17, 15) is 14.7 Å². The van der Waals surface area contributed by atoms with E-state index in [1.807, 2.05) is 30.3 Å². The molecule has 1 aromatic rings. The molecule has 0 aliphatic carbocycles. The molecule has 0 atom stereocenters. The van der Waals surface area contributed by atoms with Crippen LogP contribution >= 0.6 is 0 Å². The zero-order chi connectivity index (χ0) is 15.2. The van der Waals surface area contributed by atoms with E-state index in [0.717, 1.165) is 5.56 Å². The number of hydrogen-bond donors (Lipinski definition) is 1. The van der Waals surface area contributed by atoms with Crippen LogP contribution in [-0.2, 0) is 20.9 Å². The maximum atomic E-state index is 11.9. The maximum Gasteiger partial charge on any atom is 0.410 e. The summed E-state index contributed by atoms with van der Waals surface area (Å²) in [5.41, 5.74) is 1.10. The van der Waals surface area contributed by atoms with E-state index < -0.39 is 12.1 Å². The second-order valence-corrected chi connectivity index (χ2v) is 4.63. The molecular formula is C15H17NO5. The van der Waals surface area contributed by atoms with Crippen molar-refractivity contribution in [2.24, 2.45) is 0 Å². The molecule has 1 aliphatic heterocycles. The third kappa shape index (κ3) is 3.75. The highest BCUT2D eigenvalue weighted by molar-refractivity contribution is 5.89. The van der Waals surface area contributed by atoms with Crippen molar-refractivity contribution in [3.05, 3.63) is 47.2 Å². The van der Waals surface area contributed by atoms with Crippen LogP contribution < -0.4 is 0 Å². The third-order valence-electron chi connectivity index (χ3n) is 3.22. The molecule has 0 bridgehead atoms. The van der Waals surface area contributed by atoms with Gasteiger partial charge in [0.1, 0.15) is 12.4 Å². The van der Waals surface area contributed by atoms with Gasteiger partial charge in [-0.3, -0.25) is 0 Å². The van der Waals surface area contributed by atoms with Crippen molar-refractivity contribution in [2.75, 3.05) is 20.2 Å². The van der Waals surface area contributed by atoms with Crippen molar-refractivity contribution in [1.29, 1.82) is 0 Å². The van der Waals surface area contributed by atoms with Crippen LogP contribution in [0.2, 0.25) is 0 Å². The summed E-state index contributed by atoms with van der Waals surface area (Å²) < 4.78 is 9.74. The van der Waals surface area contributed by atoms with Crippen molar-refractivity contribution in [1.82, 2.24) is 4.90 Å². The summed E-state index contributed by atoms with van der Waals surface area (Å²) in [5, 5.41) is 9.80. The van der Waals surface area contributed by atoms with E-state index in [1.54, 1.807) is 0 Å². The Morgan fingerprint density at radius 2 is 2.00 bits per heavy atom. The molecule has 0 spiro atoms. The van der Waals surface area contributed by atoms with Crippen molar-refractivity contribution < 1.29 is 24.2 Å². The van der Waals surface area contributed by atoms with Gasteiger partial charge in [-0.2, -0.15) is 0 Å². The monoisotopic (exact) mass is 291 g/mol. The number of carbonyl (C=O) groups is 2. The van der Waals surface area contributed by atoms with Crippen molar-refractivity contribution in [2.45, 2.75) is 13.0 Å². The zero-order valence-electron chi connectivity index (χ0n) is 11.7. The molecule has 0 unspecified atom stereocenters. The average Bonchev–Trinajstić information content (AvgIpc) is 2.52. The van der Waals surface area contributed by atoms with Gasteiger partial charge in [0.25, 0.3) is 0 Å². The number of hydrogen-bond acceptors (Lipinski definition) is 5. The van der Waals surface area contributed by atoms with Gasteiger partial charge in [-0.1, -0.05) is 30.3 Å². The second-order valence-electron chi connectivity index (χ2n) is 4.63. The number of amides is 1. The average molecular weight is 291 g/mol. The van der Waals surface area contributed by atoms with Crippen LogP contribution in [0.15, 0.2) is 41.7 Å². The lowest BCUT2D eigenvalue weighted by Crippen LogP contribution is -2.38. The van der Waals surface area contributed by atoms with Crippen molar-refractivity contribution in [3.8, 4) is 0 Å². The Hall–Kier alpha value is -2.50. The number of rotatable bonds is 3. The molecule has 2 rings (SSSR count). The Morgan fingerprint density at radius 1 is 1.29 bits per heavy atom. The van der Waals surface area contributed by atoms with Gasteiger partial charge in [-0.15, -0.1) is 0 Å². The zero-order valence-corrected chi connectivity index (χ0v) is 11.7. The highest BCUT2D eigenvalue weighted by Gasteiger charge is 2.27. The van der Waals surface area contributed by atoms with Crippen LogP contribution in [0.4, 0.5) is 4.79 Å². The van der Waals surface area contributed by atoms with Crippen LogP contribution in [0.1, 0.15) is 12.0 Å². The quantitative estimate of drug-likeness (QED) is 0.862. The minimum atomic E-state index is -0.565. The summed E-state index contributed by atoms with van der Waals surface area (Å²) in [4.78, 5) is 24.7. The normalized spacial score (nSPS) is 14.8. The van der Waals surface area contributed by atoms with Crippen LogP contribution in [0.3, 0.4) is 0 Å². The predicted molar refractivity (Wildman–Crippen MR) is 74.5 cm³/mol. The molecule has 1 aromatic carbocycles. The molecule has 1 heterocycles. The molecule has 1 N–H and O–H groups in total. The number of aliphatic hydroxyl groups excluding tert-OH is 1. The first kappa shape index (κ1) is 14.9. The molecule has 21 heavy (non-hydrogen) atoms. The topological polar surface area (TPSA) is 76.1 Å².